The number of hydrogen-bond acceptors (Lipinski definition) is 4. The number of fused-ring (bicyclic) bond motifs is 12. The lowest BCUT2D eigenvalue weighted by molar-refractivity contribution is 0.661. The normalized spacial score (nSPS) is 13.7. The summed E-state index contributed by atoms with van der Waals surface area (Å²) in [6.45, 7) is 9.43. The van der Waals surface area contributed by atoms with Gasteiger partial charge in [0.15, 0.2) is 11.6 Å². The van der Waals surface area contributed by atoms with Crippen LogP contribution in [0, 0.1) is 0 Å². The summed E-state index contributed by atoms with van der Waals surface area (Å²) >= 11 is 0. The zero-order chi connectivity index (χ0) is 53.4. The lowest BCUT2D eigenvalue weighted by Crippen LogP contribution is -2.15. The van der Waals surface area contributed by atoms with Gasteiger partial charge in [-0.25, -0.2) is 9.97 Å². The summed E-state index contributed by atoms with van der Waals surface area (Å²) in [5, 5.41) is 4.67. The van der Waals surface area contributed by atoms with Crippen LogP contribution in [0.1, 0.15) is 49.9 Å². The van der Waals surface area contributed by atoms with E-state index in [0.717, 1.165) is 77.8 Å². The summed E-state index contributed by atoms with van der Waals surface area (Å²) in [5.41, 5.74) is 23.6. The Bertz CT molecular complexity index is 4430. The van der Waals surface area contributed by atoms with Crippen molar-refractivity contribution in [3.63, 3.8) is 0 Å². The summed E-state index contributed by atoms with van der Waals surface area (Å²) in [4.78, 5) is 21.1. The van der Waals surface area contributed by atoms with Crippen LogP contribution in [0.4, 0.5) is 0 Å². The fourth-order valence-electron chi connectivity index (χ4n) is 13.3. The first-order chi connectivity index (χ1) is 39.2. The average Bonchev–Trinajstić information content (AvgIpc) is 4.34. The minimum Gasteiger partial charge on any atom is -0.309 e. The molecule has 2 aliphatic rings. The molecule has 80 heavy (non-hydrogen) atoms. The van der Waals surface area contributed by atoms with E-state index in [1.54, 1.807) is 0 Å². The Balaban J connectivity index is 0.947. The predicted molar refractivity (Wildman–Crippen MR) is 329 cm³/mol. The minimum absolute atomic E-state index is 0.185. The van der Waals surface area contributed by atoms with Gasteiger partial charge in [-0.3, -0.25) is 4.57 Å². The van der Waals surface area contributed by atoms with Crippen molar-refractivity contribution in [1.82, 2.24) is 29.1 Å². The van der Waals surface area contributed by atoms with Gasteiger partial charge in [-0.15, -0.1) is 0 Å². The van der Waals surface area contributed by atoms with Crippen molar-refractivity contribution in [2.24, 2.45) is 0 Å². The number of benzene rings is 10. The summed E-state index contributed by atoms with van der Waals surface area (Å²) in [7, 11) is 0. The van der Waals surface area contributed by atoms with Crippen LogP contribution in [-0.4, -0.2) is 29.1 Å². The molecule has 0 spiro atoms. The van der Waals surface area contributed by atoms with Crippen molar-refractivity contribution in [2.75, 3.05) is 0 Å². The third-order valence-corrected chi connectivity index (χ3v) is 17.4. The molecule has 378 valence electrons. The quantitative estimate of drug-likeness (QED) is 0.160. The largest absolute Gasteiger partial charge is 0.309 e. The van der Waals surface area contributed by atoms with E-state index in [4.69, 9.17) is 19.9 Å². The van der Waals surface area contributed by atoms with E-state index in [9.17, 15) is 0 Å². The fraction of sp³-hybridized carbons (Fsp3) is 0.0811. The zero-order valence-corrected chi connectivity index (χ0v) is 44.8. The highest BCUT2D eigenvalue weighted by molar-refractivity contribution is 6.15. The second kappa shape index (κ2) is 17.2. The van der Waals surface area contributed by atoms with Crippen LogP contribution in [-0.2, 0) is 10.8 Å². The maximum atomic E-state index is 5.34. The summed E-state index contributed by atoms with van der Waals surface area (Å²) < 4.78 is 4.75. The van der Waals surface area contributed by atoms with E-state index in [-0.39, 0.29) is 10.8 Å². The first kappa shape index (κ1) is 46.1. The topological polar surface area (TPSA) is 61.4 Å². The highest BCUT2D eigenvalue weighted by atomic mass is 15.2. The molecule has 0 radical (unpaired) electrons. The Morgan fingerprint density at radius 1 is 0.275 bits per heavy atom. The number of hydrogen-bond donors (Lipinski definition) is 0. The monoisotopic (exact) mass is 1020 g/mol. The molecule has 0 aliphatic heterocycles. The van der Waals surface area contributed by atoms with Crippen LogP contribution in [0.3, 0.4) is 0 Å². The van der Waals surface area contributed by atoms with Crippen LogP contribution >= 0.6 is 0 Å². The third-order valence-electron chi connectivity index (χ3n) is 17.4. The van der Waals surface area contributed by atoms with Crippen LogP contribution in [0.2, 0.25) is 0 Å². The fourth-order valence-corrected chi connectivity index (χ4v) is 13.3. The summed E-state index contributed by atoms with van der Waals surface area (Å²) in [5.74, 6) is 1.83. The molecule has 6 nitrogen and oxygen atoms in total. The first-order valence-electron chi connectivity index (χ1n) is 27.6. The Kier molecular flexibility index (Phi) is 9.93. The maximum Gasteiger partial charge on any atom is 0.238 e. The van der Waals surface area contributed by atoms with E-state index in [1.807, 2.05) is 36.4 Å². The van der Waals surface area contributed by atoms with Crippen LogP contribution in [0.5, 0.6) is 0 Å². The second-order valence-corrected chi connectivity index (χ2v) is 22.6. The van der Waals surface area contributed by atoms with Crippen LogP contribution < -0.4 is 0 Å². The zero-order valence-electron chi connectivity index (χ0n) is 44.8. The Morgan fingerprint density at radius 3 is 1.12 bits per heavy atom. The molecule has 4 heterocycles. The first-order valence-corrected chi connectivity index (χ1v) is 27.6. The van der Waals surface area contributed by atoms with Gasteiger partial charge in [0.1, 0.15) is 0 Å². The lowest BCUT2D eigenvalue weighted by Gasteiger charge is -2.21. The van der Waals surface area contributed by atoms with Crippen molar-refractivity contribution < 1.29 is 0 Å². The molecule has 0 bridgehead atoms. The molecule has 4 aromatic heterocycles. The van der Waals surface area contributed by atoms with Gasteiger partial charge in [0, 0.05) is 54.6 Å². The molecule has 0 unspecified atom stereocenters. The number of rotatable bonds is 7. The third kappa shape index (κ3) is 6.91. The highest BCUT2D eigenvalue weighted by Crippen LogP contribution is 2.53. The lowest BCUT2D eigenvalue weighted by atomic mass is 9.82. The molecule has 0 saturated heterocycles. The van der Waals surface area contributed by atoms with Crippen molar-refractivity contribution in [3.8, 4) is 90.3 Å². The minimum atomic E-state index is -0.217. The standard InChI is InChI=1S/C74H52N6/c1-73(2)60-31-19-17-29-52(60)54-41-58-56-37-49(33-35-66(56)79(68(58)43-62(54)73)51-39-64(45-21-9-5-10-22-45)75-65(40-51)46-23-11-6-12-24-46)50-34-36-67-57(38-50)59-42-55-53-30-18-20-32-61(53)74(3,4)63(55)44-69(59)80(67)72-77-70(47-25-13-7-14-26-47)76-71(78-72)48-27-15-8-16-28-48/h5-44H,1-4H3. The number of pyridine rings is 1. The molecule has 0 atom stereocenters. The van der Waals surface area contributed by atoms with Gasteiger partial charge in [0.05, 0.1) is 39.1 Å². The van der Waals surface area contributed by atoms with Gasteiger partial charge in [-0.1, -0.05) is 210 Å². The Morgan fingerprint density at radius 2 is 0.662 bits per heavy atom. The van der Waals surface area contributed by atoms with Gasteiger partial charge in [0.2, 0.25) is 5.95 Å². The van der Waals surface area contributed by atoms with Crippen LogP contribution in [0.25, 0.3) is 134 Å². The van der Waals surface area contributed by atoms with Gasteiger partial charge in [0.25, 0.3) is 0 Å². The predicted octanol–water partition coefficient (Wildman–Crippen LogP) is 18.4. The van der Waals surface area contributed by atoms with E-state index < -0.39 is 0 Å². The van der Waals surface area contributed by atoms with Gasteiger partial charge >= 0.3 is 0 Å². The van der Waals surface area contributed by atoms with E-state index in [0.29, 0.717) is 17.6 Å². The molecule has 10 aromatic carbocycles. The second-order valence-electron chi connectivity index (χ2n) is 22.6. The Labute approximate surface area is 464 Å². The molecule has 0 fully saturated rings. The summed E-state index contributed by atoms with van der Waals surface area (Å²) in [6.07, 6.45) is 0. The molecular formula is C74H52N6. The molecule has 0 saturated carbocycles. The molecule has 0 N–H and O–H groups in total. The van der Waals surface area contributed by atoms with Gasteiger partial charge in [-0.05, 0) is 116 Å². The number of aromatic nitrogens is 6. The summed E-state index contributed by atoms with van der Waals surface area (Å²) in [6, 6.07) is 87.8. The smallest absolute Gasteiger partial charge is 0.238 e. The van der Waals surface area contributed by atoms with Gasteiger partial charge < -0.3 is 4.57 Å². The van der Waals surface area contributed by atoms with E-state index in [1.165, 1.54) is 60.8 Å². The van der Waals surface area contributed by atoms with E-state index >= 15 is 0 Å². The molecule has 6 heteroatoms. The Hall–Kier alpha value is -10.0. The SMILES string of the molecule is CC1(C)c2ccccc2-c2cc3c4cc(-c5ccc6c(c5)c5cc7c(cc5n6-c5nc(-c6ccccc6)nc(-c6ccccc6)n5)C(C)(C)c5ccccc5-7)ccc4n(-c4cc(-c5ccccc5)nc(-c5ccccc5)c4)c3cc21. The van der Waals surface area contributed by atoms with Crippen LogP contribution in [0.15, 0.2) is 243 Å². The van der Waals surface area contributed by atoms with Crippen molar-refractivity contribution in [2.45, 2.75) is 38.5 Å². The average molecular weight is 1030 g/mol. The molecule has 2 aliphatic carbocycles. The molecule has 0 amide bonds. The van der Waals surface area contributed by atoms with Gasteiger partial charge in [-0.2, -0.15) is 9.97 Å². The van der Waals surface area contributed by atoms with Crippen molar-refractivity contribution in [1.29, 1.82) is 0 Å². The number of nitrogens with zero attached hydrogens (tertiary/aromatic N) is 6. The molecule has 14 aromatic rings. The molecular weight excluding hydrogens is 973 g/mol. The van der Waals surface area contributed by atoms with Crippen molar-refractivity contribution >= 4 is 43.6 Å². The molecule has 16 rings (SSSR count). The maximum absolute atomic E-state index is 5.34. The van der Waals surface area contributed by atoms with Crippen molar-refractivity contribution in [3.05, 3.63) is 265 Å². The van der Waals surface area contributed by atoms with E-state index in [2.05, 4.69) is 243 Å². The highest BCUT2D eigenvalue weighted by Gasteiger charge is 2.38.